The van der Waals surface area contributed by atoms with Gasteiger partial charge in [0.1, 0.15) is 5.75 Å². The quantitative estimate of drug-likeness (QED) is 0.878. The third-order valence-corrected chi connectivity index (χ3v) is 4.28. The summed E-state index contributed by atoms with van der Waals surface area (Å²) < 4.78 is 7.36. The highest BCUT2D eigenvalue weighted by molar-refractivity contribution is 5.77. The van der Waals surface area contributed by atoms with Crippen LogP contribution in [0, 0.1) is 6.92 Å². The normalized spacial score (nSPS) is 15.2. The fourth-order valence-corrected chi connectivity index (χ4v) is 3.02. The van der Waals surface area contributed by atoms with E-state index in [0.717, 1.165) is 18.4 Å². The molecule has 1 saturated carbocycles. The first kappa shape index (κ1) is 16.4. The molecule has 0 bridgehead atoms. The summed E-state index contributed by atoms with van der Waals surface area (Å²) in [6.45, 7) is 2.28. The summed E-state index contributed by atoms with van der Waals surface area (Å²) in [5.41, 5.74) is 1.10. The Balaban J connectivity index is 1.49. The molecule has 128 valence electrons. The summed E-state index contributed by atoms with van der Waals surface area (Å²) >= 11 is 0. The van der Waals surface area contributed by atoms with E-state index >= 15 is 0 Å². The molecule has 1 aliphatic carbocycles. The Kier molecular flexibility index (Phi) is 5.40. The minimum absolute atomic E-state index is 0.0194. The number of carbonyl (C=O) groups excluding carboxylic acids is 1. The van der Waals surface area contributed by atoms with E-state index in [1.165, 1.54) is 19.3 Å². The molecule has 0 radical (unpaired) electrons. The first-order valence-electron chi connectivity index (χ1n) is 8.45. The number of aryl methyl sites for hydroxylation is 1. The zero-order chi connectivity index (χ0) is 16.8. The van der Waals surface area contributed by atoms with Gasteiger partial charge < -0.3 is 10.1 Å². The third-order valence-electron chi connectivity index (χ3n) is 4.28. The number of benzene rings is 1. The molecule has 7 heteroatoms. The van der Waals surface area contributed by atoms with Crippen molar-refractivity contribution in [3.05, 3.63) is 35.7 Å². The van der Waals surface area contributed by atoms with Gasteiger partial charge >= 0.3 is 0 Å². The lowest BCUT2D eigenvalue weighted by molar-refractivity contribution is -0.123. The number of rotatable bonds is 6. The molecule has 1 fully saturated rings. The second kappa shape index (κ2) is 7.90. The minimum Gasteiger partial charge on any atom is -0.484 e. The van der Waals surface area contributed by atoms with Crippen molar-refractivity contribution in [1.82, 2.24) is 25.5 Å². The van der Waals surface area contributed by atoms with Crippen LogP contribution in [-0.2, 0) is 11.3 Å². The number of ether oxygens (including phenoxy) is 1. The third kappa shape index (κ3) is 4.31. The maximum absolute atomic E-state index is 12.0. The van der Waals surface area contributed by atoms with Gasteiger partial charge in [0, 0.05) is 0 Å². The number of nitrogens with one attached hydrogen (secondary N) is 1. The van der Waals surface area contributed by atoms with E-state index in [-0.39, 0.29) is 12.5 Å². The number of amides is 1. The minimum atomic E-state index is -0.185. The van der Waals surface area contributed by atoms with Gasteiger partial charge in [0.2, 0.25) is 0 Å². The molecule has 0 spiro atoms. The number of tetrazole rings is 1. The number of hydrogen-bond acceptors (Lipinski definition) is 5. The van der Waals surface area contributed by atoms with Crippen LogP contribution in [0.2, 0.25) is 0 Å². The highest BCUT2D eigenvalue weighted by Gasteiger charge is 2.20. The molecule has 0 aliphatic heterocycles. The smallest absolute Gasteiger partial charge is 0.258 e. The Morgan fingerprint density at radius 3 is 2.96 bits per heavy atom. The van der Waals surface area contributed by atoms with Crippen molar-refractivity contribution < 1.29 is 9.53 Å². The molecule has 0 unspecified atom stereocenters. The van der Waals surface area contributed by atoms with Gasteiger partial charge in [-0.3, -0.25) is 4.79 Å². The average Bonchev–Trinajstić information content (AvgIpc) is 3.07. The van der Waals surface area contributed by atoms with Crippen molar-refractivity contribution >= 4 is 5.91 Å². The zero-order valence-electron chi connectivity index (χ0n) is 13.9. The summed E-state index contributed by atoms with van der Waals surface area (Å²) in [5, 5.41) is 14.7. The second-order valence-electron chi connectivity index (χ2n) is 6.21. The monoisotopic (exact) mass is 329 g/mol. The molecule has 24 heavy (non-hydrogen) atoms. The Hall–Kier alpha value is -2.44. The van der Waals surface area contributed by atoms with Crippen LogP contribution in [0.5, 0.6) is 5.75 Å². The molecule has 3 rings (SSSR count). The van der Waals surface area contributed by atoms with Crippen LogP contribution in [0.4, 0.5) is 0 Å². The Morgan fingerprint density at radius 1 is 1.33 bits per heavy atom. The molecular formula is C17H23N5O2. The average molecular weight is 329 g/mol. The van der Waals surface area contributed by atoms with E-state index in [0.29, 0.717) is 24.2 Å². The van der Waals surface area contributed by atoms with E-state index in [2.05, 4.69) is 20.8 Å². The molecule has 1 aromatic carbocycles. The van der Waals surface area contributed by atoms with Gasteiger partial charge in [0.15, 0.2) is 12.4 Å². The molecule has 2 aromatic rings. The zero-order valence-corrected chi connectivity index (χ0v) is 13.9. The van der Waals surface area contributed by atoms with Gasteiger partial charge in [-0.15, -0.1) is 5.10 Å². The number of aromatic nitrogens is 4. The van der Waals surface area contributed by atoms with Crippen molar-refractivity contribution in [3.8, 4) is 5.75 Å². The molecule has 1 aliphatic rings. The van der Waals surface area contributed by atoms with Crippen molar-refractivity contribution in [2.24, 2.45) is 0 Å². The van der Waals surface area contributed by atoms with E-state index in [9.17, 15) is 4.79 Å². The predicted molar refractivity (Wildman–Crippen MR) is 88.5 cm³/mol. The summed E-state index contributed by atoms with van der Waals surface area (Å²) in [7, 11) is 0. The first-order valence-corrected chi connectivity index (χ1v) is 8.45. The molecule has 1 aromatic heterocycles. The Morgan fingerprint density at radius 2 is 2.17 bits per heavy atom. The van der Waals surface area contributed by atoms with Crippen molar-refractivity contribution in [2.75, 3.05) is 6.61 Å². The largest absolute Gasteiger partial charge is 0.484 e. The standard InChI is InChI=1S/C17H23N5O2/c1-13-6-5-9-15(10-13)24-12-17(23)18-11-16-19-20-21-22(16)14-7-3-2-4-8-14/h5-6,9-10,14H,2-4,7-8,11-12H2,1H3,(H,18,23). The predicted octanol–water partition coefficient (Wildman–Crippen LogP) is 2.18. The van der Waals surface area contributed by atoms with Crippen molar-refractivity contribution in [3.63, 3.8) is 0 Å². The lowest BCUT2D eigenvalue weighted by Crippen LogP contribution is -2.30. The van der Waals surface area contributed by atoms with Crippen molar-refractivity contribution in [1.29, 1.82) is 0 Å². The van der Waals surface area contributed by atoms with Crippen LogP contribution in [0.3, 0.4) is 0 Å². The number of nitrogens with zero attached hydrogens (tertiary/aromatic N) is 4. The van der Waals surface area contributed by atoms with Crippen LogP contribution in [0.15, 0.2) is 24.3 Å². The molecule has 1 N–H and O–H groups in total. The summed E-state index contributed by atoms with van der Waals surface area (Å²) in [6.07, 6.45) is 5.90. The van der Waals surface area contributed by atoms with Crippen LogP contribution >= 0.6 is 0 Å². The molecule has 1 amide bonds. The van der Waals surface area contributed by atoms with Gasteiger partial charge in [-0.1, -0.05) is 31.4 Å². The van der Waals surface area contributed by atoms with E-state index in [4.69, 9.17) is 4.74 Å². The fourth-order valence-electron chi connectivity index (χ4n) is 3.02. The number of hydrogen-bond donors (Lipinski definition) is 1. The van der Waals surface area contributed by atoms with E-state index in [1.54, 1.807) is 0 Å². The Bertz CT molecular complexity index is 679. The van der Waals surface area contributed by atoms with Gasteiger partial charge in [-0.25, -0.2) is 4.68 Å². The topological polar surface area (TPSA) is 81.9 Å². The highest BCUT2D eigenvalue weighted by Crippen LogP contribution is 2.27. The molecular weight excluding hydrogens is 306 g/mol. The lowest BCUT2D eigenvalue weighted by Gasteiger charge is -2.22. The first-order chi connectivity index (χ1) is 11.7. The summed E-state index contributed by atoms with van der Waals surface area (Å²) in [5.74, 6) is 1.21. The number of carbonyl (C=O) groups is 1. The molecule has 0 saturated heterocycles. The van der Waals surface area contributed by atoms with Gasteiger partial charge in [0.05, 0.1) is 12.6 Å². The highest BCUT2D eigenvalue weighted by atomic mass is 16.5. The second-order valence-corrected chi connectivity index (χ2v) is 6.21. The van der Waals surface area contributed by atoms with Gasteiger partial charge in [0.25, 0.3) is 5.91 Å². The molecule has 0 atom stereocenters. The van der Waals surface area contributed by atoms with Crippen LogP contribution < -0.4 is 10.1 Å². The fraction of sp³-hybridized carbons (Fsp3) is 0.529. The summed E-state index contributed by atoms with van der Waals surface area (Å²) in [4.78, 5) is 12.0. The molecule has 7 nitrogen and oxygen atoms in total. The lowest BCUT2D eigenvalue weighted by atomic mass is 9.96. The van der Waals surface area contributed by atoms with Gasteiger partial charge in [-0.05, 0) is 47.9 Å². The molecule has 1 heterocycles. The summed E-state index contributed by atoms with van der Waals surface area (Å²) in [6, 6.07) is 7.98. The van der Waals surface area contributed by atoms with Crippen molar-refractivity contribution in [2.45, 2.75) is 51.6 Å². The van der Waals surface area contributed by atoms with Gasteiger partial charge in [-0.2, -0.15) is 0 Å². The maximum Gasteiger partial charge on any atom is 0.258 e. The van der Waals surface area contributed by atoms with Crippen LogP contribution in [-0.4, -0.2) is 32.7 Å². The van der Waals surface area contributed by atoms with Crippen LogP contribution in [0.25, 0.3) is 0 Å². The maximum atomic E-state index is 12.0. The van der Waals surface area contributed by atoms with Crippen LogP contribution in [0.1, 0.15) is 49.5 Å². The van der Waals surface area contributed by atoms with E-state index < -0.39 is 0 Å². The Labute approximate surface area is 141 Å². The SMILES string of the molecule is Cc1cccc(OCC(=O)NCc2nnnn2C2CCCCC2)c1. The van der Waals surface area contributed by atoms with E-state index in [1.807, 2.05) is 35.9 Å².